The molecule has 1 aliphatic rings. The first-order valence-corrected chi connectivity index (χ1v) is 6.85. The Labute approximate surface area is 130 Å². The lowest BCUT2D eigenvalue weighted by atomic mass is 9.87. The van der Waals surface area contributed by atoms with Crippen molar-refractivity contribution in [3.05, 3.63) is 11.9 Å². The number of aromatic nitrogens is 4. The molecule has 0 amide bonds. The van der Waals surface area contributed by atoms with Gasteiger partial charge in [0.05, 0.1) is 12.3 Å². The van der Waals surface area contributed by atoms with Crippen LogP contribution >= 0.6 is 0 Å². The third-order valence-electron chi connectivity index (χ3n) is 4.11. The third kappa shape index (κ3) is 1.98. The number of aliphatic hydroxyl groups is 4. The zero-order valence-corrected chi connectivity index (χ0v) is 12.5. The van der Waals surface area contributed by atoms with Crippen molar-refractivity contribution in [1.29, 1.82) is 0 Å². The number of rotatable bonds is 2. The Morgan fingerprint density at radius 2 is 2.04 bits per heavy atom. The van der Waals surface area contributed by atoms with Crippen molar-refractivity contribution < 1.29 is 25.2 Å². The molecule has 1 fully saturated rings. The van der Waals surface area contributed by atoms with Crippen molar-refractivity contribution in [2.75, 3.05) is 11.5 Å². The van der Waals surface area contributed by atoms with E-state index in [1.54, 1.807) is 0 Å². The van der Waals surface area contributed by atoms with Gasteiger partial charge in [-0.15, -0.1) is 5.10 Å². The molecule has 3 rings (SSSR count). The summed E-state index contributed by atoms with van der Waals surface area (Å²) >= 11 is 0. The number of fused-ring (bicyclic) bond motifs is 1. The van der Waals surface area contributed by atoms with Crippen LogP contribution in [0.5, 0.6) is 0 Å². The maximum Gasteiger partial charge on any atom is 0.244 e. The molecule has 0 spiro atoms. The van der Waals surface area contributed by atoms with E-state index >= 15 is 0 Å². The Balaban J connectivity index is 2.21. The molecule has 2 aromatic heterocycles. The molecule has 11 heteroatoms. The lowest BCUT2D eigenvalue weighted by Gasteiger charge is -2.33. The Hall–Kier alpha value is -2.05. The molecule has 5 atom stereocenters. The average molecular weight is 326 g/mol. The largest absolute Gasteiger partial charge is 0.391 e. The SMILES string of the molecule is CC(O)[C@H]1O[C@@](O)(c2cnc3c(N)nc(N)nn23)[C@](C)(O)[C@@H]1O. The fourth-order valence-electron chi connectivity index (χ4n) is 2.73. The zero-order chi connectivity index (χ0) is 17.2. The summed E-state index contributed by atoms with van der Waals surface area (Å²) in [5.41, 5.74) is 9.06. The molecule has 126 valence electrons. The van der Waals surface area contributed by atoms with Crippen LogP contribution in [0.1, 0.15) is 19.5 Å². The number of nitrogens with zero attached hydrogens (tertiary/aromatic N) is 4. The standard InChI is InChI=1S/C12H18N6O5/c1-4(19)6-7(20)11(2,21)12(22,23-6)5-3-15-9-8(13)16-10(14)17-18(5)9/h3-4,6-7,19-22H,1-2H3,(H4,13,14,16,17)/t4?,6-,7-,11-,12+/m1/s1. The first-order valence-electron chi connectivity index (χ1n) is 6.85. The molecule has 0 bridgehead atoms. The lowest BCUT2D eigenvalue weighted by Crippen LogP contribution is -2.53. The van der Waals surface area contributed by atoms with Gasteiger partial charge in [0.2, 0.25) is 11.7 Å². The predicted octanol–water partition coefficient (Wildman–Crippen LogP) is -2.67. The van der Waals surface area contributed by atoms with Crippen molar-refractivity contribution in [3.8, 4) is 0 Å². The highest BCUT2D eigenvalue weighted by Crippen LogP contribution is 2.46. The first-order chi connectivity index (χ1) is 10.6. The van der Waals surface area contributed by atoms with Gasteiger partial charge in [0.15, 0.2) is 11.5 Å². The van der Waals surface area contributed by atoms with Crippen LogP contribution in [0.3, 0.4) is 0 Å². The van der Waals surface area contributed by atoms with Crippen LogP contribution in [-0.4, -0.2) is 63.9 Å². The fourth-order valence-corrected chi connectivity index (χ4v) is 2.73. The summed E-state index contributed by atoms with van der Waals surface area (Å²) in [6, 6.07) is 0. The fraction of sp³-hybridized carbons (Fsp3) is 0.583. The number of aliphatic hydroxyl groups excluding tert-OH is 2. The second-order valence-corrected chi connectivity index (χ2v) is 5.79. The lowest BCUT2D eigenvalue weighted by molar-refractivity contribution is -0.278. The number of nitrogen functional groups attached to an aromatic ring is 2. The monoisotopic (exact) mass is 326 g/mol. The van der Waals surface area contributed by atoms with Crippen molar-refractivity contribution in [3.63, 3.8) is 0 Å². The molecule has 8 N–H and O–H groups in total. The molecule has 3 heterocycles. The number of imidazole rings is 1. The Bertz CT molecular complexity index is 762. The molecule has 1 unspecified atom stereocenters. The van der Waals surface area contributed by atoms with Gasteiger partial charge in [0, 0.05) is 0 Å². The van der Waals surface area contributed by atoms with Gasteiger partial charge in [-0.3, -0.25) is 0 Å². The van der Waals surface area contributed by atoms with Crippen LogP contribution in [0.25, 0.3) is 5.65 Å². The van der Waals surface area contributed by atoms with Gasteiger partial charge in [-0.1, -0.05) is 0 Å². The van der Waals surface area contributed by atoms with Gasteiger partial charge in [-0.25, -0.2) is 9.50 Å². The number of anilines is 2. The van der Waals surface area contributed by atoms with E-state index in [9.17, 15) is 20.4 Å². The number of hydrogen-bond acceptors (Lipinski definition) is 10. The quantitative estimate of drug-likeness (QED) is 0.340. The van der Waals surface area contributed by atoms with E-state index in [-0.39, 0.29) is 23.1 Å². The smallest absolute Gasteiger partial charge is 0.244 e. The first kappa shape index (κ1) is 15.8. The van der Waals surface area contributed by atoms with E-state index in [0.29, 0.717) is 0 Å². The minimum atomic E-state index is -2.40. The van der Waals surface area contributed by atoms with Crippen LogP contribution in [0.15, 0.2) is 6.20 Å². The van der Waals surface area contributed by atoms with Crippen LogP contribution in [0.2, 0.25) is 0 Å². The van der Waals surface area contributed by atoms with Crippen LogP contribution in [-0.2, 0) is 10.5 Å². The Morgan fingerprint density at radius 3 is 2.61 bits per heavy atom. The molecule has 0 saturated carbocycles. The summed E-state index contributed by atoms with van der Waals surface area (Å²) in [6.45, 7) is 2.54. The third-order valence-corrected chi connectivity index (χ3v) is 4.11. The maximum atomic E-state index is 10.9. The molecule has 0 radical (unpaired) electrons. The summed E-state index contributed by atoms with van der Waals surface area (Å²) in [7, 11) is 0. The van der Waals surface area contributed by atoms with Gasteiger partial charge >= 0.3 is 0 Å². The molecular formula is C12H18N6O5. The molecule has 0 aromatic carbocycles. The van der Waals surface area contributed by atoms with Gasteiger partial charge < -0.3 is 36.6 Å². The molecule has 1 aliphatic heterocycles. The highest BCUT2D eigenvalue weighted by Gasteiger charge is 2.65. The van der Waals surface area contributed by atoms with E-state index in [1.807, 2.05) is 0 Å². The maximum absolute atomic E-state index is 10.9. The van der Waals surface area contributed by atoms with Gasteiger partial charge in [0.1, 0.15) is 23.5 Å². The normalized spacial score (nSPS) is 35.7. The molecule has 23 heavy (non-hydrogen) atoms. The van der Waals surface area contributed by atoms with Gasteiger partial charge in [-0.05, 0) is 13.8 Å². The van der Waals surface area contributed by atoms with Crippen molar-refractivity contribution in [1.82, 2.24) is 19.6 Å². The molecular weight excluding hydrogens is 308 g/mol. The van der Waals surface area contributed by atoms with Crippen molar-refractivity contribution in [2.24, 2.45) is 0 Å². The van der Waals surface area contributed by atoms with Gasteiger partial charge in [0.25, 0.3) is 0 Å². The van der Waals surface area contributed by atoms with E-state index in [4.69, 9.17) is 16.2 Å². The van der Waals surface area contributed by atoms with Crippen molar-refractivity contribution in [2.45, 2.75) is 43.5 Å². The molecule has 1 saturated heterocycles. The summed E-state index contributed by atoms with van der Waals surface area (Å²) in [6.07, 6.45) is -2.76. The minimum absolute atomic E-state index is 0.0300. The van der Waals surface area contributed by atoms with Crippen LogP contribution in [0.4, 0.5) is 11.8 Å². The Kier molecular flexibility index (Phi) is 3.25. The van der Waals surface area contributed by atoms with Crippen LogP contribution in [0, 0.1) is 0 Å². The minimum Gasteiger partial charge on any atom is -0.391 e. The Morgan fingerprint density at radius 1 is 1.39 bits per heavy atom. The van der Waals surface area contributed by atoms with E-state index in [1.165, 1.54) is 20.0 Å². The highest BCUT2D eigenvalue weighted by molar-refractivity contribution is 5.61. The second-order valence-electron chi connectivity index (χ2n) is 5.79. The van der Waals surface area contributed by atoms with E-state index in [0.717, 1.165) is 4.52 Å². The summed E-state index contributed by atoms with van der Waals surface area (Å²) < 4.78 is 6.45. The summed E-state index contributed by atoms with van der Waals surface area (Å²) in [5.74, 6) is -2.61. The van der Waals surface area contributed by atoms with E-state index in [2.05, 4.69) is 15.1 Å². The average Bonchev–Trinajstić information content (AvgIpc) is 2.93. The number of ether oxygens (including phenoxy) is 1. The molecule has 0 aliphatic carbocycles. The molecule has 2 aromatic rings. The number of nitrogens with two attached hydrogens (primary N) is 2. The van der Waals surface area contributed by atoms with Gasteiger partial charge in [-0.2, -0.15) is 4.98 Å². The second kappa shape index (κ2) is 4.72. The summed E-state index contributed by atoms with van der Waals surface area (Å²) in [5, 5.41) is 45.3. The van der Waals surface area contributed by atoms with E-state index < -0.39 is 29.7 Å². The van der Waals surface area contributed by atoms with Crippen molar-refractivity contribution >= 4 is 17.4 Å². The summed E-state index contributed by atoms with van der Waals surface area (Å²) in [4.78, 5) is 7.72. The topological polar surface area (TPSA) is 185 Å². The molecule has 11 nitrogen and oxygen atoms in total. The predicted molar refractivity (Wildman–Crippen MR) is 76.7 cm³/mol. The van der Waals surface area contributed by atoms with Crippen LogP contribution < -0.4 is 11.5 Å². The zero-order valence-electron chi connectivity index (χ0n) is 12.5. The highest BCUT2D eigenvalue weighted by atomic mass is 16.7. The number of hydrogen-bond donors (Lipinski definition) is 6.